The first-order valence-electron chi connectivity index (χ1n) is 10.0. The molecule has 1 amide bonds. The molecule has 0 spiro atoms. The van der Waals surface area contributed by atoms with Gasteiger partial charge in [-0.25, -0.2) is 0 Å². The molecule has 0 unspecified atom stereocenters. The molecule has 0 atom stereocenters. The summed E-state index contributed by atoms with van der Waals surface area (Å²) in [6.45, 7) is 2.86. The summed E-state index contributed by atoms with van der Waals surface area (Å²) < 4.78 is 0. The standard InChI is InChI=1S/C23H25N5O/c29-23(27-20-4-6-22(7-5-20)28-12-2-1-3-13-28)19-14-21(17-25-16-19)26-15-18-8-10-24-11-9-18/h4-11,14,16-17,26H,1-3,12-13,15H2,(H,27,29). The van der Waals surface area contributed by atoms with Crippen LogP contribution in [0.3, 0.4) is 0 Å². The van der Waals surface area contributed by atoms with Crippen LogP contribution < -0.4 is 15.5 Å². The number of aromatic nitrogens is 2. The van der Waals surface area contributed by atoms with E-state index in [1.54, 1.807) is 24.8 Å². The summed E-state index contributed by atoms with van der Waals surface area (Å²) in [7, 11) is 0. The third-order valence-corrected chi connectivity index (χ3v) is 5.09. The maximum atomic E-state index is 12.6. The number of hydrogen-bond acceptors (Lipinski definition) is 5. The van der Waals surface area contributed by atoms with Gasteiger partial charge in [-0.2, -0.15) is 0 Å². The number of carbonyl (C=O) groups is 1. The lowest BCUT2D eigenvalue weighted by molar-refractivity contribution is 0.102. The Labute approximate surface area is 171 Å². The third-order valence-electron chi connectivity index (χ3n) is 5.09. The Kier molecular flexibility index (Phi) is 6.00. The van der Waals surface area contributed by atoms with Gasteiger partial charge in [0.25, 0.3) is 5.91 Å². The van der Waals surface area contributed by atoms with Gasteiger partial charge in [-0.15, -0.1) is 0 Å². The lowest BCUT2D eigenvalue weighted by atomic mass is 10.1. The summed E-state index contributed by atoms with van der Waals surface area (Å²) in [4.78, 5) is 23.2. The van der Waals surface area contributed by atoms with E-state index in [4.69, 9.17) is 0 Å². The first-order valence-corrected chi connectivity index (χ1v) is 10.0. The van der Waals surface area contributed by atoms with Gasteiger partial charge in [0, 0.05) is 55.8 Å². The van der Waals surface area contributed by atoms with Crippen molar-refractivity contribution in [1.29, 1.82) is 0 Å². The van der Waals surface area contributed by atoms with Crippen LogP contribution in [0.4, 0.5) is 17.1 Å². The minimum Gasteiger partial charge on any atom is -0.380 e. The quantitative estimate of drug-likeness (QED) is 0.659. The minimum absolute atomic E-state index is 0.171. The molecular formula is C23H25N5O. The molecule has 1 aromatic carbocycles. The summed E-state index contributed by atoms with van der Waals surface area (Å²) in [5.41, 5.74) is 4.43. The van der Waals surface area contributed by atoms with E-state index in [-0.39, 0.29) is 5.91 Å². The van der Waals surface area contributed by atoms with Crippen LogP contribution in [0.15, 0.2) is 67.3 Å². The fraction of sp³-hybridized carbons (Fsp3) is 0.261. The number of pyridine rings is 2. The van der Waals surface area contributed by atoms with Crippen molar-refractivity contribution in [3.05, 3.63) is 78.4 Å². The molecule has 29 heavy (non-hydrogen) atoms. The molecule has 148 valence electrons. The second-order valence-corrected chi connectivity index (χ2v) is 7.22. The summed E-state index contributed by atoms with van der Waals surface area (Å²) in [5, 5.41) is 6.24. The van der Waals surface area contributed by atoms with Crippen molar-refractivity contribution < 1.29 is 4.79 Å². The van der Waals surface area contributed by atoms with Crippen molar-refractivity contribution in [1.82, 2.24) is 9.97 Å². The highest BCUT2D eigenvalue weighted by atomic mass is 16.1. The number of nitrogens with zero attached hydrogens (tertiary/aromatic N) is 3. The van der Waals surface area contributed by atoms with Crippen molar-refractivity contribution in [3.63, 3.8) is 0 Å². The predicted octanol–water partition coefficient (Wildman–Crippen LogP) is 4.33. The van der Waals surface area contributed by atoms with Crippen LogP contribution in [0.2, 0.25) is 0 Å². The number of nitrogens with one attached hydrogen (secondary N) is 2. The molecule has 1 aliphatic heterocycles. The van der Waals surface area contributed by atoms with Crippen molar-refractivity contribution in [2.24, 2.45) is 0 Å². The molecule has 3 heterocycles. The highest BCUT2D eigenvalue weighted by Gasteiger charge is 2.12. The summed E-state index contributed by atoms with van der Waals surface area (Å²) in [5.74, 6) is -0.171. The molecule has 0 saturated carbocycles. The number of carbonyl (C=O) groups excluding carboxylic acids is 1. The van der Waals surface area contributed by atoms with Crippen molar-refractivity contribution in [2.75, 3.05) is 28.6 Å². The van der Waals surface area contributed by atoms with Crippen LogP contribution in [0.25, 0.3) is 0 Å². The Morgan fingerprint density at radius 2 is 1.66 bits per heavy atom. The Bertz CT molecular complexity index is 937. The van der Waals surface area contributed by atoms with Gasteiger partial charge < -0.3 is 15.5 Å². The Morgan fingerprint density at radius 1 is 0.897 bits per heavy atom. The number of rotatable bonds is 6. The van der Waals surface area contributed by atoms with Crippen LogP contribution in [0.5, 0.6) is 0 Å². The average molecular weight is 387 g/mol. The zero-order valence-electron chi connectivity index (χ0n) is 16.3. The lowest BCUT2D eigenvalue weighted by Gasteiger charge is -2.28. The molecule has 3 aromatic rings. The van der Waals surface area contributed by atoms with Crippen LogP contribution in [0.1, 0.15) is 35.2 Å². The molecule has 0 radical (unpaired) electrons. The average Bonchev–Trinajstić information content (AvgIpc) is 2.80. The zero-order chi connectivity index (χ0) is 19.9. The van der Waals surface area contributed by atoms with Crippen LogP contribution >= 0.6 is 0 Å². The van der Waals surface area contributed by atoms with Gasteiger partial charge in [-0.3, -0.25) is 14.8 Å². The van der Waals surface area contributed by atoms with E-state index in [0.717, 1.165) is 30.0 Å². The summed E-state index contributed by atoms with van der Waals surface area (Å²) in [6, 6.07) is 13.8. The van der Waals surface area contributed by atoms with Crippen molar-refractivity contribution in [2.45, 2.75) is 25.8 Å². The van der Waals surface area contributed by atoms with E-state index in [2.05, 4.69) is 37.6 Å². The third kappa shape index (κ3) is 5.10. The molecule has 0 aliphatic carbocycles. The second kappa shape index (κ2) is 9.19. The highest BCUT2D eigenvalue weighted by Crippen LogP contribution is 2.22. The molecule has 2 N–H and O–H groups in total. The summed E-state index contributed by atoms with van der Waals surface area (Å²) in [6.07, 6.45) is 10.6. The smallest absolute Gasteiger partial charge is 0.257 e. The second-order valence-electron chi connectivity index (χ2n) is 7.22. The SMILES string of the molecule is O=C(Nc1ccc(N2CCCCC2)cc1)c1cncc(NCc2ccncc2)c1. The van der Waals surface area contributed by atoms with Crippen molar-refractivity contribution in [3.8, 4) is 0 Å². The van der Waals surface area contributed by atoms with E-state index in [9.17, 15) is 4.79 Å². The topological polar surface area (TPSA) is 70.2 Å². The van der Waals surface area contributed by atoms with Crippen LogP contribution in [-0.4, -0.2) is 29.0 Å². The fourth-order valence-corrected chi connectivity index (χ4v) is 3.48. The maximum Gasteiger partial charge on any atom is 0.257 e. The molecule has 2 aromatic heterocycles. The van der Waals surface area contributed by atoms with Gasteiger partial charge in [0.2, 0.25) is 0 Å². The fourth-order valence-electron chi connectivity index (χ4n) is 3.48. The Hall–Kier alpha value is -3.41. The molecule has 1 fully saturated rings. The maximum absolute atomic E-state index is 12.6. The number of piperidine rings is 1. The molecule has 6 nitrogen and oxygen atoms in total. The van der Waals surface area contributed by atoms with E-state index in [1.807, 2.05) is 30.3 Å². The lowest BCUT2D eigenvalue weighted by Crippen LogP contribution is -2.29. The molecule has 4 rings (SSSR count). The number of benzene rings is 1. The highest BCUT2D eigenvalue weighted by molar-refractivity contribution is 6.04. The van der Waals surface area contributed by atoms with Crippen LogP contribution in [0, 0.1) is 0 Å². The molecule has 1 aliphatic rings. The van der Waals surface area contributed by atoms with E-state index < -0.39 is 0 Å². The van der Waals surface area contributed by atoms with E-state index in [0.29, 0.717) is 12.1 Å². The van der Waals surface area contributed by atoms with Gasteiger partial charge in [-0.1, -0.05) is 0 Å². The normalized spacial score (nSPS) is 13.7. The van der Waals surface area contributed by atoms with E-state index in [1.165, 1.54) is 24.9 Å². The van der Waals surface area contributed by atoms with Gasteiger partial charge in [-0.05, 0) is 67.3 Å². The van der Waals surface area contributed by atoms with Crippen molar-refractivity contribution >= 4 is 23.0 Å². The van der Waals surface area contributed by atoms with E-state index >= 15 is 0 Å². The first kappa shape index (κ1) is 18.9. The van der Waals surface area contributed by atoms with Gasteiger partial charge >= 0.3 is 0 Å². The molecule has 0 bridgehead atoms. The monoisotopic (exact) mass is 387 g/mol. The molecular weight excluding hydrogens is 362 g/mol. The summed E-state index contributed by atoms with van der Waals surface area (Å²) >= 11 is 0. The predicted molar refractivity (Wildman–Crippen MR) is 116 cm³/mol. The van der Waals surface area contributed by atoms with Gasteiger partial charge in [0.1, 0.15) is 0 Å². The molecule has 1 saturated heterocycles. The van der Waals surface area contributed by atoms with Crippen LogP contribution in [-0.2, 0) is 6.54 Å². The van der Waals surface area contributed by atoms with Gasteiger partial charge in [0.05, 0.1) is 11.3 Å². The Balaban J connectivity index is 1.36. The largest absolute Gasteiger partial charge is 0.380 e. The van der Waals surface area contributed by atoms with Gasteiger partial charge in [0.15, 0.2) is 0 Å². The molecule has 6 heteroatoms. The number of anilines is 3. The zero-order valence-corrected chi connectivity index (χ0v) is 16.3. The number of hydrogen-bond donors (Lipinski definition) is 2. The number of amides is 1. The minimum atomic E-state index is -0.171. The first-order chi connectivity index (χ1) is 14.3. The Morgan fingerprint density at radius 3 is 2.41 bits per heavy atom.